The summed E-state index contributed by atoms with van der Waals surface area (Å²) < 4.78 is 29.8. The zero-order valence-corrected chi connectivity index (χ0v) is 31.4. The zero-order valence-electron chi connectivity index (χ0n) is 28.2. The van der Waals surface area contributed by atoms with Gasteiger partial charge in [0.05, 0.1) is 27.4 Å². The highest BCUT2D eigenvalue weighted by Crippen LogP contribution is 2.39. The SMILES string of the molecule is CCCCOC(C)(OC(C)(OCCCC)C(CBr)CCC=C(C)CCC(=O)OC)C(CBr)CCC=C(C)CCC(=O)OC. The molecule has 7 nitrogen and oxygen atoms in total. The third-order valence-electron chi connectivity index (χ3n) is 7.95. The second kappa shape index (κ2) is 24.5. The van der Waals surface area contributed by atoms with Crippen LogP contribution in [0.3, 0.4) is 0 Å². The van der Waals surface area contributed by atoms with Crippen molar-refractivity contribution in [3.05, 3.63) is 23.3 Å². The maximum Gasteiger partial charge on any atom is 0.305 e. The summed E-state index contributed by atoms with van der Waals surface area (Å²) in [4.78, 5) is 23.1. The minimum absolute atomic E-state index is 0.0690. The molecule has 0 heterocycles. The van der Waals surface area contributed by atoms with Crippen LogP contribution in [-0.4, -0.2) is 61.6 Å². The van der Waals surface area contributed by atoms with E-state index in [0.29, 0.717) is 38.9 Å². The van der Waals surface area contributed by atoms with E-state index in [2.05, 4.69) is 85.6 Å². The van der Waals surface area contributed by atoms with E-state index in [1.807, 2.05) is 0 Å². The molecule has 252 valence electrons. The van der Waals surface area contributed by atoms with Gasteiger partial charge in [0.25, 0.3) is 0 Å². The molecule has 0 aromatic heterocycles. The summed E-state index contributed by atoms with van der Waals surface area (Å²) in [6, 6.07) is 0. The first-order chi connectivity index (χ1) is 20.4. The van der Waals surface area contributed by atoms with Crippen LogP contribution in [0.1, 0.15) is 119 Å². The van der Waals surface area contributed by atoms with Crippen molar-refractivity contribution in [2.24, 2.45) is 11.8 Å². The van der Waals surface area contributed by atoms with Gasteiger partial charge in [-0.3, -0.25) is 9.59 Å². The number of alkyl halides is 2. The summed E-state index contributed by atoms with van der Waals surface area (Å²) in [7, 11) is 2.85. The minimum Gasteiger partial charge on any atom is -0.469 e. The lowest BCUT2D eigenvalue weighted by atomic mass is 9.92. The van der Waals surface area contributed by atoms with Crippen molar-refractivity contribution >= 4 is 43.8 Å². The Morgan fingerprint density at radius 1 is 0.698 bits per heavy atom. The van der Waals surface area contributed by atoms with E-state index >= 15 is 0 Å². The van der Waals surface area contributed by atoms with Gasteiger partial charge in [0, 0.05) is 35.3 Å². The molecule has 0 amide bonds. The number of carbonyl (C=O) groups excluding carboxylic acids is 2. The molecule has 0 aliphatic heterocycles. The van der Waals surface area contributed by atoms with Gasteiger partial charge in [-0.25, -0.2) is 0 Å². The predicted octanol–water partition coefficient (Wildman–Crippen LogP) is 9.45. The number of methoxy groups -OCH3 is 2. The lowest BCUT2D eigenvalue weighted by molar-refractivity contribution is -0.376. The number of halogens is 2. The van der Waals surface area contributed by atoms with E-state index in [0.717, 1.165) is 62.0 Å². The van der Waals surface area contributed by atoms with Crippen molar-refractivity contribution in [3.8, 4) is 0 Å². The largest absolute Gasteiger partial charge is 0.469 e. The van der Waals surface area contributed by atoms with Crippen LogP contribution in [0.4, 0.5) is 0 Å². The van der Waals surface area contributed by atoms with E-state index in [1.165, 1.54) is 25.4 Å². The highest BCUT2D eigenvalue weighted by molar-refractivity contribution is 9.09. The normalized spacial score (nSPS) is 16.7. The Morgan fingerprint density at radius 3 is 1.37 bits per heavy atom. The van der Waals surface area contributed by atoms with Crippen LogP contribution >= 0.6 is 31.9 Å². The summed E-state index contributed by atoms with van der Waals surface area (Å²) in [5.41, 5.74) is 2.35. The van der Waals surface area contributed by atoms with Gasteiger partial charge >= 0.3 is 11.9 Å². The Labute approximate surface area is 279 Å². The number of hydrogen-bond acceptors (Lipinski definition) is 7. The molecule has 9 heteroatoms. The molecule has 0 aromatic carbocycles. The third kappa shape index (κ3) is 18.1. The van der Waals surface area contributed by atoms with Crippen molar-refractivity contribution in [3.63, 3.8) is 0 Å². The standard InChI is InChI=1S/C34H60Br2O7/c1-9-11-23-41-33(5,29(25-35)17-13-15-27(3)19-21-31(37)39-7)43-34(6,42-24-12-10-2)30(26-36)18-14-16-28(4)20-22-32(38)40-8/h15-16,29-30H,9-14,17-26H2,1-8H3. The van der Waals surface area contributed by atoms with E-state index < -0.39 is 11.6 Å². The first kappa shape index (κ1) is 42.3. The molecule has 0 aliphatic carbocycles. The second-order valence-electron chi connectivity index (χ2n) is 11.6. The number of ether oxygens (including phenoxy) is 5. The highest BCUT2D eigenvalue weighted by atomic mass is 79.9. The molecule has 0 bridgehead atoms. The molecule has 4 unspecified atom stereocenters. The molecule has 0 aliphatic rings. The summed E-state index contributed by atoms with van der Waals surface area (Å²) in [6.07, 6.45) is 14.0. The fourth-order valence-corrected chi connectivity index (χ4v) is 6.55. The Kier molecular flexibility index (Phi) is 24.1. The Hall–Kier alpha value is -0.740. The molecule has 0 rings (SSSR count). The number of esters is 2. The van der Waals surface area contributed by atoms with Gasteiger partial charge in [-0.2, -0.15) is 0 Å². The summed E-state index contributed by atoms with van der Waals surface area (Å²) >= 11 is 7.54. The third-order valence-corrected chi connectivity index (χ3v) is 9.52. The average Bonchev–Trinajstić information content (AvgIpc) is 2.98. The lowest BCUT2D eigenvalue weighted by Crippen LogP contribution is -2.53. The quantitative estimate of drug-likeness (QED) is 0.0288. The maximum absolute atomic E-state index is 11.5. The number of hydrogen-bond donors (Lipinski definition) is 0. The zero-order chi connectivity index (χ0) is 32.7. The fourth-order valence-electron chi connectivity index (χ4n) is 4.73. The summed E-state index contributed by atoms with van der Waals surface area (Å²) in [5, 5.41) is 1.44. The number of allylic oxidation sites excluding steroid dienone is 4. The first-order valence-corrected chi connectivity index (χ1v) is 18.2. The van der Waals surface area contributed by atoms with Crippen molar-refractivity contribution in [2.45, 2.75) is 130 Å². The number of carbonyl (C=O) groups is 2. The minimum atomic E-state index is -0.875. The van der Waals surface area contributed by atoms with Crippen molar-refractivity contribution in [1.82, 2.24) is 0 Å². The molecule has 0 spiro atoms. The van der Waals surface area contributed by atoms with E-state index in [9.17, 15) is 9.59 Å². The van der Waals surface area contributed by atoms with Crippen LogP contribution in [0.2, 0.25) is 0 Å². The monoisotopic (exact) mass is 738 g/mol. The predicted molar refractivity (Wildman–Crippen MR) is 183 cm³/mol. The molecular formula is C34H60Br2O7. The maximum atomic E-state index is 11.5. The topological polar surface area (TPSA) is 80.3 Å². The molecule has 43 heavy (non-hydrogen) atoms. The molecule has 0 fully saturated rings. The number of rotatable bonds is 26. The smallest absolute Gasteiger partial charge is 0.305 e. The molecule has 0 saturated heterocycles. The molecule has 0 N–H and O–H groups in total. The highest BCUT2D eigenvalue weighted by Gasteiger charge is 2.46. The Bertz CT molecular complexity index is 766. The first-order valence-electron chi connectivity index (χ1n) is 16.0. The van der Waals surface area contributed by atoms with E-state index in [4.69, 9.17) is 23.7 Å². The van der Waals surface area contributed by atoms with Gasteiger partial charge in [0.2, 0.25) is 0 Å². The van der Waals surface area contributed by atoms with Crippen LogP contribution in [0.15, 0.2) is 23.3 Å². The fraction of sp³-hybridized carbons (Fsp3) is 0.824. The van der Waals surface area contributed by atoms with E-state index in [1.54, 1.807) is 0 Å². The lowest BCUT2D eigenvalue weighted by Gasteiger charge is -2.46. The van der Waals surface area contributed by atoms with Crippen LogP contribution in [-0.2, 0) is 33.3 Å². The molecular weight excluding hydrogens is 680 g/mol. The van der Waals surface area contributed by atoms with Crippen LogP contribution in [0, 0.1) is 11.8 Å². The van der Waals surface area contributed by atoms with E-state index in [-0.39, 0.29) is 23.8 Å². The average molecular weight is 741 g/mol. The summed E-state index contributed by atoms with van der Waals surface area (Å²) in [6.45, 7) is 13.8. The van der Waals surface area contributed by atoms with Crippen molar-refractivity contribution in [1.29, 1.82) is 0 Å². The molecule has 0 aromatic rings. The van der Waals surface area contributed by atoms with Gasteiger partial charge in [0.1, 0.15) is 0 Å². The Balaban J connectivity index is 5.93. The second-order valence-corrected chi connectivity index (χ2v) is 12.9. The van der Waals surface area contributed by atoms with Crippen LogP contribution < -0.4 is 0 Å². The van der Waals surface area contributed by atoms with Crippen LogP contribution in [0.25, 0.3) is 0 Å². The van der Waals surface area contributed by atoms with Crippen molar-refractivity contribution < 1.29 is 33.3 Å². The number of unbranched alkanes of at least 4 members (excludes halogenated alkanes) is 2. The molecule has 4 atom stereocenters. The van der Waals surface area contributed by atoms with Gasteiger partial charge in [-0.05, 0) is 79.1 Å². The summed E-state index contributed by atoms with van der Waals surface area (Å²) in [5.74, 6) is -1.99. The molecule has 0 radical (unpaired) electrons. The van der Waals surface area contributed by atoms with Gasteiger partial charge < -0.3 is 23.7 Å². The van der Waals surface area contributed by atoms with Crippen molar-refractivity contribution in [2.75, 3.05) is 38.1 Å². The van der Waals surface area contributed by atoms with Gasteiger partial charge in [-0.1, -0.05) is 81.8 Å². The van der Waals surface area contributed by atoms with Crippen LogP contribution in [0.5, 0.6) is 0 Å². The molecule has 0 saturated carbocycles. The van der Waals surface area contributed by atoms with Gasteiger partial charge in [0.15, 0.2) is 11.6 Å². The Morgan fingerprint density at radius 2 is 1.07 bits per heavy atom. The van der Waals surface area contributed by atoms with Gasteiger partial charge in [-0.15, -0.1) is 0 Å².